The highest BCUT2D eigenvalue weighted by Crippen LogP contribution is 2.63. The fourth-order valence-corrected chi connectivity index (χ4v) is 8.87. The highest BCUT2D eigenvalue weighted by Gasteiger charge is 2.78. The first-order valence-electron chi connectivity index (χ1n) is 20.3. The van der Waals surface area contributed by atoms with E-state index in [0.717, 1.165) is 31.8 Å². The smallest absolute Gasteiger partial charge is 0.422 e. The van der Waals surface area contributed by atoms with Crippen LogP contribution < -0.4 is 10.6 Å². The van der Waals surface area contributed by atoms with Gasteiger partial charge in [-0.2, -0.15) is 18.2 Å². The first-order chi connectivity index (χ1) is 28.2. The number of fused-ring (bicyclic) bond motifs is 4. The molecule has 3 saturated carbocycles. The van der Waals surface area contributed by atoms with Gasteiger partial charge in [0.2, 0.25) is 11.8 Å². The van der Waals surface area contributed by atoms with E-state index in [2.05, 4.69) is 15.4 Å². The van der Waals surface area contributed by atoms with Gasteiger partial charge in [0.15, 0.2) is 18.4 Å². The third kappa shape index (κ3) is 9.21. The van der Waals surface area contributed by atoms with Crippen LogP contribution in [0.1, 0.15) is 83.8 Å². The Hall–Kier alpha value is -4.14. The molecule has 3 heterocycles. The topological polar surface area (TPSA) is 208 Å². The van der Waals surface area contributed by atoms with Gasteiger partial charge in [0.05, 0.1) is 25.3 Å². The molecule has 0 radical (unpaired) electrons. The number of amides is 2. The fourth-order valence-electron chi connectivity index (χ4n) is 8.87. The van der Waals surface area contributed by atoms with Gasteiger partial charge in [0.25, 0.3) is 0 Å². The van der Waals surface area contributed by atoms with Crippen LogP contribution in [-0.2, 0) is 59.0 Å². The quantitative estimate of drug-likeness (QED) is 0.107. The lowest BCUT2D eigenvalue weighted by Crippen LogP contribution is -2.71. The van der Waals surface area contributed by atoms with E-state index in [-0.39, 0.29) is 37.6 Å². The number of halogens is 3. The van der Waals surface area contributed by atoms with E-state index in [1.807, 2.05) is 0 Å². The molecule has 16 nitrogen and oxygen atoms in total. The molecule has 4 N–H and O–H groups in total. The third-order valence-corrected chi connectivity index (χ3v) is 11.7. The van der Waals surface area contributed by atoms with Gasteiger partial charge in [-0.1, -0.05) is 24.3 Å². The summed E-state index contributed by atoms with van der Waals surface area (Å²) in [4.78, 5) is 73.8. The zero-order valence-electron chi connectivity index (χ0n) is 33.8. The molecule has 9 atom stereocenters. The molecule has 6 fully saturated rings. The minimum absolute atomic E-state index is 0.00527. The molecular weight excluding hydrogens is 799 g/mol. The number of nitrogens with one attached hydrogen (secondary N) is 2. The molecule has 1 aromatic rings. The molecule has 7 rings (SSSR count). The number of benzene rings is 1. The zero-order chi connectivity index (χ0) is 43.4. The number of hydroxylamine groups is 2. The van der Waals surface area contributed by atoms with Crippen LogP contribution in [-0.4, -0.2) is 124 Å². The SMILES string of the molecule is CC(O)C(NC(=O)C12CC3OC(=O)C1N(Cc1cccc(C=CC(=O)OCC(F)(F)F)c1)OC2C1OC(C2CC2)(C2CC2)OC31)C(=O)NC(CO)CCC(=O)OC(C)(C)C. The van der Waals surface area contributed by atoms with Crippen molar-refractivity contribution in [3.63, 3.8) is 0 Å². The molecule has 2 amide bonds. The summed E-state index contributed by atoms with van der Waals surface area (Å²) in [6.45, 7) is 4.02. The van der Waals surface area contributed by atoms with Crippen molar-refractivity contribution in [2.45, 2.75) is 145 Å². The first kappa shape index (κ1) is 43.9. The van der Waals surface area contributed by atoms with Crippen molar-refractivity contribution in [1.82, 2.24) is 15.7 Å². The number of alkyl halides is 3. The predicted octanol–water partition coefficient (Wildman–Crippen LogP) is 2.37. The lowest BCUT2D eigenvalue weighted by molar-refractivity contribution is -0.235. The number of aliphatic hydroxyl groups is 2. The largest absolute Gasteiger partial charge is 0.460 e. The molecule has 19 heteroatoms. The van der Waals surface area contributed by atoms with Crippen LogP contribution in [0, 0.1) is 17.3 Å². The maximum absolute atomic E-state index is 15.0. The van der Waals surface area contributed by atoms with Gasteiger partial charge >= 0.3 is 24.1 Å². The summed E-state index contributed by atoms with van der Waals surface area (Å²) < 4.78 is 66.8. The van der Waals surface area contributed by atoms with Crippen LogP contribution in [0.25, 0.3) is 6.08 Å². The summed E-state index contributed by atoms with van der Waals surface area (Å²) in [5.41, 5.74) is -1.53. The molecule has 2 bridgehead atoms. The number of carbonyl (C=O) groups excluding carboxylic acids is 5. The van der Waals surface area contributed by atoms with Crippen molar-refractivity contribution in [3.8, 4) is 0 Å². The average molecular weight is 852 g/mol. The number of aliphatic hydroxyl groups excluding tert-OH is 2. The Bertz CT molecular complexity index is 1850. The lowest BCUT2D eigenvalue weighted by atomic mass is 9.62. The minimum atomic E-state index is -4.69. The first-order valence-corrected chi connectivity index (χ1v) is 20.3. The van der Waals surface area contributed by atoms with Gasteiger partial charge in [-0.15, -0.1) is 0 Å². The van der Waals surface area contributed by atoms with Gasteiger partial charge in [-0.3, -0.25) is 24.0 Å². The van der Waals surface area contributed by atoms with Crippen LogP contribution >= 0.6 is 0 Å². The third-order valence-electron chi connectivity index (χ3n) is 11.7. The summed E-state index contributed by atoms with van der Waals surface area (Å²) >= 11 is 0. The number of carbonyl (C=O) groups is 5. The van der Waals surface area contributed by atoms with E-state index in [1.54, 1.807) is 45.0 Å². The predicted molar refractivity (Wildman–Crippen MR) is 199 cm³/mol. The Balaban J connectivity index is 1.14. The van der Waals surface area contributed by atoms with Crippen LogP contribution in [0.4, 0.5) is 13.2 Å². The molecule has 3 aliphatic carbocycles. The summed E-state index contributed by atoms with van der Waals surface area (Å²) in [6, 6.07) is 2.63. The molecular formula is C41H52F3N3O13. The van der Waals surface area contributed by atoms with E-state index in [0.29, 0.717) is 11.1 Å². The van der Waals surface area contributed by atoms with Gasteiger partial charge in [-0.05, 0) is 77.0 Å². The molecule has 60 heavy (non-hydrogen) atoms. The normalized spacial score (nSPS) is 29.9. The van der Waals surface area contributed by atoms with Gasteiger partial charge < -0.3 is 44.5 Å². The molecule has 3 saturated heterocycles. The molecule has 0 spiro atoms. The summed E-state index contributed by atoms with van der Waals surface area (Å²) in [5.74, 6) is -4.87. The number of hydrogen-bond acceptors (Lipinski definition) is 14. The van der Waals surface area contributed by atoms with E-state index >= 15 is 0 Å². The Morgan fingerprint density at radius 3 is 2.35 bits per heavy atom. The van der Waals surface area contributed by atoms with Crippen molar-refractivity contribution >= 4 is 35.8 Å². The second-order valence-corrected chi connectivity index (χ2v) is 17.7. The van der Waals surface area contributed by atoms with Crippen molar-refractivity contribution in [2.24, 2.45) is 17.3 Å². The number of esters is 3. The Kier molecular flexibility index (Phi) is 12.2. The van der Waals surface area contributed by atoms with E-state index in [1.165, 1.54) is 18.1 Å². The van der Waals surface area contributed by atoms with Crippen LogP contribution in [0.15, 0.2) is 30.3 Å². The zero-order valence-corrected chi connectivity index (χ0v) is 33.8. The van der Waals surface area contributed by atoms with E-state index in [9.17, 15) is 47.4 Å². The Morgan fingerprint density at radius 1 is 1.05 bits per heavy atom. The molecule has 1 aromatic carbocycles. The van der Waals surface area contributed by atoms with Crippen molar-refractivity contribution in [1.29, 1.82) is 0 Å². The Labute approximate surface area is 344 Å². The summed E-state index contributed by atoms with van der Waals surface area (Å²) in [7, 11) is 0. The molecule has 0 aromatic heterocycles. The number of ether oxygens (including phenoxy) is 5. The average Bonchev–Trinajstić information content (AvgIpc) is 4.11. The van der Waals surface area contributed by atoms with Gasteiger partial charge in [0, 0.05) is 30.8 Å². The fraction of sp³-hybridized carbons (Fsp3) is 0.683. The van der Waals surface area contributed by atoms with Crippen LogP contribution in [0.2, 0.25) is 0 Å². The van der Waals surface area contributed by atoms with Crippen molar-refractivity contribution in [3.05, 3.63) is 41.5 Å². The number of hydrogen-bond donors (Lipinski definition) is 4. The summed E-state index contributed by atoms with van der Waals surface area (Å²) in [5, 5.41) is 27.5. The molecule has 330 valence electrons. The van der Waals surface area contributed by atoms with Gasteiger partial charge in [0.1, 0.15) is 41.5 Å². The van der Waals surface area contributed by atoms with Crippen LogP contribution in [0.3, 0.4) is 0 Å². The monoisotopic (exact) mass is 851 g/mol. The standard InChI is InChI=1S/C41H52F3N3O13/c1-21(49)30(35(52)45-26(19-48)13-15-29(51)57-38(2,3)4)46-37(54)39-17-27-31-32(59-41(58-31,24-9-10-24)25-11-12-25)34(39)60-47(33(39)36(53)56-27)18-23-7-5-6-22(16-23)8-14-28(50)55-20-40(42,43)44/h5-8,14,16,21,24-27,30-34,48-49H,9-13,15,17-20H2,1-4H3,(H,45,52)(H,46,54). The van der Waals surface area contributed by atoms with E-state index < -0.39 is 115 Å². The van der Waals surface area contributed by atoms with Crippen molar-refractivity contribution in [2.75, 3.05) is 13.2 Å². The maximum Gasteiger partial charge on any atom is 0.422 e. The second kappa shape index (κ2) is 16.6. The van der Waals surface area contributed by atoms with Crippen LogP contribution in [0.5, 0.6) is 0 Å². The van der Waals surface area contributed by atoms with Gasteiger partial charge in [-0.25, -0.2) is 4.79 Å². The van der Waals surface area contributed by atoms with E-state index in [4.69, 9.17) is 23.8 Å². The van der Waals surface area contributed by atoms with Crippen molar-refractivity contribution < 1.29 is 75.9 Å². The minimum Gasteiger partial charge on any atom is -0.460 e. The Morgan fingerprint density at radius 2 is 1.73 bits per heavy atom. The number of nitrogens with zero attached hydrogens (tertiary/aromatic N) is 1. The molecule has 6 aliphatic rings. The molecule has 3 aliphatic heterocycles. The summed E-state index contributed by atoms with van der Waals surface area (Å²) in [6.07, 6.45) is -4.36. The second-order valence-electron chi connectivity index (χ2n) is 17.7. The highest BCUT2D eigenvalue weighted by atomic mass is 19.4. The molecule has 9 unspecified atom stereocenters. The lowest BCUT2D eigenvalue weighted by Gasteiger charge is -2.49. The highest BCUT2D eigenvalue weighted by molar-refractivity contribution is 5.96. The maximum atomic E-state index is 15.0. The number of rotatable bonds is 16.